The Balaban J connectivity index is 2.40. The minimum Gasteiger partial charge on any atom is -0.271 e. The summed E-state index contributed by atoms with van der Waals surface area (Å²) in [6, 6.07) is 8.26. The summed E-state index contributed by atoms with van der Waals surface area (Å²) >= 11 is 1.61. The third kappa shape index (κ3) is 2.07. The van der Waals surface area contributed by atoms with Gasteiger partial charge in [-0.2, -0.15) is 0 Å². The van der Waals surface area contributed by atoms with Gasteiger partial charge in [-0.3, -0.25) is 10.8 Å². The number of nitrogens with two attached hydrogens (primary N) is 1. The van der Waals surface area contributed by atoms with E-state index in [9.17, 15) is 0 Å². The molecule has 78 valence electrons. The smallest absolute Gasteiger partial charge is 0.0821 e. The van der Waals surface area contributed by atoms with Crippen molar-refractivity contribution >= 4 is 11.3 Å². The molecule has 0 aliphatic heterocycles. The van der Waals surface area contributed by atoms with E-state index < -0.39 is 0 Å². The van der Waals surface area contributed by atoms with E-state index in [1.54, 1.807) is 11.3 Å². The lowest BCUT2D eigenvalue weighted by molar-refractivity contribution is 0.642. The molecule has 0 aliphatic rings. The molecule has 0 saturated heterocycles. The van der Waals surface area contributed by atoms with Gasteiger partial charge in [-0.05, 0) is 18.1 Å². The Morgan fingerprint density at radius 3 is 2.80 bits per heavy atom. The number of rotatable bonds is 3. The van der Waals surface area contributed by atoms with Crippen LogP contribution in [0.4, 0.5) is 0 Å². The summed E-state index contributed by atoms with van der Waals surface area (Å²) < 4.78 is 0. The molecule has 1 aromatic heterocycles. The zero-order valence-electron chi connectivity index (χ0n) is 8.47. The first-order valence-corrected chi connectivity index (χ1v) is 5.61. The van der Waals surface area contributed by atoms with Crippen LogP contribution in [0.5, 0.6) is 0 Å². The van der Waals surface area contributed by atoms with Gasteiger partial charge in [0, 0.05) is 11.1 Å². The molecule has 1 aromatic carbocycles. The van der Waals surface area contributed by atoms with Crippen molar-refractivity contribution in [1.29, 1.82) is 0 Å². The molecule has 2 aromatic rings. The molecule has 0 aliphatic carbocycles. The number of hydrogen-bond donors (Lipinski definition) is 2. The second-order valence-electron chi connectivity index (χ2n) is 3.36. The van der Waals surface area contributed by atoms with E-state index in [2.05, 4.69) is 29.5 Å². The van der Waals surface area contributed by atoms with E-state index in [0.717, 1.165) is 4.88 Å². The van der Waals surface area contributed by atoms with Crippen molar-refractivity contribution in [3.63, 3.8) is 0 Å². The highest BCUT2D eigenvalue weighted by atomic mass is 32.1. The lowest BCUT2D eigenvalue weighted by Gasteiger charge is -2.16. The van der Waals surface area contributed by atoms with Crippen LogP contribution >= 0.6 is 11.3 Å². The maximum atomic E-state index is 5.59. The SMILES string of the molecule is Cc1ccccc1C(NN)c1cncs1. The summed E-state index contributed by atoms with van der Waals surface area (Å²) in [6.07, 6.45) is 1.85. The molecule has 0 bridgehead atoms. The molecule has 0 amide bonds. The van der Waals surface area contributed by atoms with Crippen LogP contribution in [0, 0.1) is 6.92 Å². The van der Waals surface area contributed by atoms with E-state index >= 15 is 0 Å². The quantitative estimate of drug-likeness (QED) is 0.613. The molecule has 4 heteroatoms. The van der Waals surface area contributed by atoms with Crippen LogP contribution in [-0.2, 0) is 0 Å². The van der Waals surface area contributed by atoms with E-state index in [1.165, 1.54) is 11.1 Å². The van der Waals surface area contributed by atoms with Gasteiger partial charge in [0.1, 0.15) is 0 Å². The Labute approximate surface area is 92.9 Å². The summed E-state index contributed by atoms with van der Waals surface area (Å²) in [4.78, 5) is 5.20. The molecular formula is C11H13N3S. The van der Waals surface area contributed by atoms with Gasteiger partial charge >= 0.3 is 0 Å². The minimum absolute atomic E-state index is 0.0405. The van der Waals surface area contributed by atoms with Crippen molar-refractivity contribution in [2.45, 2.75) is 13.0 Å². The molecule has 1 unspecified atom stereocenters. The Bertz CT molecular complexity index is 425. The maximum absolute atomic E-state index is 5.59. The van der Waals surface area contributed by atoms with Gasteiger partial charge in [-0.15, -0.1) is 11.3 Å². The summed E-state index contributed by atoms with van der Waals surface area (Å²) in [5, 5.41) is 0. The average Bonchev–Trinajstić information content (AvgIpc) is 2.75. The fourth-order valence-electron chi connectivity index (χ4n) is 1.60. The second kappa shape index (κ2) is 4.53. The third-order valence-corrected chi connectivity index (χ3v) is 3.24. The van der Waals surface area contributed by atoms with E-state index in [1.807, 2.05) is 23.8 Å². The van der Waals surface area contributed by atoms with Crippen LogP contribution in [0.2, 0.25) is 0 Å². The largest absolute Gasteiger partial charge is 0.271 e. The monoisotopic (exact) mass is 219 g/mol. The van der Waals surface area contributed by atoms with E-state index in [-0.39, 0.29) is 6.04 Å². The molecule has 0 radical (unpaired) electrons. The maximum Gasteiger partial charge on any atom is 0.0821 e. The van der Waals surface area contributed by atoms with Gasteiger partial charge in [-0.1, -0.05) is 24.3 Å². The van der Waals surface area contributed by atoms with Gasteiger partial charge in [0.15, 0.2) is 0 Å². The Hall–Kier alpha value is -1.23. The molecule has 0 saturated carbocycles. The lowest BCUT2D eigenvalue weighted by atomic mass is 10.0. The minimum atomic E-state index is 0.0405. The molecule has 1 heterocycles. The number of nitrogens with one attached hydrogen (secondary N) is 1. The van der Waals surface area contributed by atoms with Crippen LogP contribution < -0.4 is 11.3 Å². The summed E-state index contributed by atoms with van der Waals surface area (Å²) in [7, 11) is 0. The van der Waals surface area contributed by atoms with Crippen molar-refractivity contribution in [3.05, 3.63) is 52.0 Å². The van der Waals surface area contributed by atoms with Crippen LogP contribution in [-0.4, -0.2) is 4.98 Å². The summed E-state index contributed by atoms with van der Waals surface area (Å²) in [6.45, 7) is 2.08. The van der Waals surface area contributed by atoms with E-state index in [0.29, 0.717) is 0 Å². The van der Waals surface area contributed by atoms with Crippen molar-refractivity contribution in [2.75, 3.05) is 0 Å². The molecule has 1 atom stereocenters. The molecule has 0 spiro atoms. The van der Waals surface area contributed by atoms with Crippen LogP contribution in [0.3, 0.4) is 0 Å². The number of hydrogen-bond acceptors (Lipinski definition) is 4. The van der Waals surface area contributed by atoms with Crippen molar-refractivity contribution < 1.29 is 0 Å². The lowest BCUT2D eigenvalue weighted by Crippen LogP contribution is -2.28. The molecule has 3 N–H and O–H groups in total. The van der Waals surface area contributed by atoms with Gasteiger partial charge < -0.3 is 0 Å². The first kappa shape index (κ1) is 10.3. The standard InChI is InChI=1S/C11H13N3S/c1-8-4-2-3-5-9(8)11(14-12)10-6-13-7-15-10/h2-7,11,14H,12H2,1H3. The Kier molecular flexibility index (Phi) is 3.11. The highest BCUT2D eigenvalue weighted by Gasteiger charge is 2.15. The average molecular weight is 219 g/mol. The van der Waals surface area contributed by atoms with Crippen LogP contribution in [0.25, 0.3) is 0 Å². The normalized spacial score (nSPS) is 12.7. The zero-order chi connectivity index (χ0) is 10.7. The number of benzene rings is 1. The van der Waals surface area contributed by atoms with Gasteiger partial charge in [-0.25, -0.2) is 5.43 Å². The van der Waals surface area contributed by atoms with E-state index in [4.69, 9.17) is 5.84 Å². The summed E-state index contributed by atoms with van der Waals surface area (Å²) in [5.74, 6) is 5.59. The number of thiazole rings is 1. The van der Waals surface area contributed by atoms with Crippen molar-refractivity contribution in [1.82, 2.24) is 10.4 Å². The fourth-order valence-corrected chi connectivity index (χ4v) is 2.30. The molecule has 15 heavy (non-hydrogen) atoms. The molecule has 2 rings (SSSR count). The van der Waals surface area contributed by atoms with Gasteiger partial charge in [0.05, 0.1) is 11.6 Å². The van der Waals surface area contributed by atoms with Gasteiger partial charge in [0.25, 0.3) is 0 Å². The number of hydrazine groups is 1. The number of nitrogens with zero attached hydrogens (tertiary/aromatic N) is 1. The van der Waals surface area contributed by atoms with Crippen LogP contribution in [0.15, 0.2) is 36.0 Å². The molecule has 3 nitrogen and oxygen atoms in total. The first-order valence-electron chi connectivity index (χ1n) is 4.73. The Morgan fingerprint density at radius 1 is 1.40 bits per heavy atom. The van der Waals surface area contributed by atoms with Crippen molar-refractivity contribution in [2.24, 2.45) is 5.84 Å². The van der Waals surface area contributed by atoms with Gasteiger partial charge in [0.2, 0.25) is 0 Å². The predicted molar refractivity (Wildman–Crippen MR) is 62.5 cm³/mol. The molecule has 0 fully saturated rings. The topological polar surface area (TPSA) is 50.9 Å². The third-order valence-electron chi connectivity index (χ3n) is 2.40. The Morgan fingerprint density at radius 2 is 2.20 bits per heavy atom. The first-order chi connectivity index (χ1) is 7.33. The number of aromatic nitrogens is 1. The van der Waals surface area contributed by atoms with Crippen molar-refractivity contribution in [3.8, 4) is 0 Å². The van der Waals surface area contributed by atoms with Crippen LogP contribution in [0.1, 0.15) is 22.0 Å². The number of aryl methyl sites for hydroxylation is 1. The highest BCUT2D eigenvalue weighted by Crippen LogP contribution is 2.26. The highest BCUT2D eigenvalue weighted by molar-refractivity contribution is 7.09. The predicted octanol–water partition coefficient (Wildman–Crippen LogP) is 2.00. The fraction of sp³-hybridized carbons (Fsp3) is 0.182. The summed E-state index contributed by atoms with van der Waals surface area (Å²) in [5.41, 5.74) is 7.08. The molecular weight excluding hydrogens is 206 g/mol. The second-order valence-corrected chi connectivity index (χ2v) is 4.28. The zero-order valence-corrected chi connectivity index (χ0v) is 9.29.